The summed E-state index contributed by atoms with van der Waals surface area (Å²) in [6.07, 6.45) is -1.55. The van der Waals surface area contributed by atoms with Crippen LogP contribution in [0, 0.1) is 0 Å². The molecule has 5 heteroatoms. The summed E-state index contributed by atoms with van der Waals surface area (Å²) < 4.78 is 39.3. The summed E-state index contributed by atoms with van der Waals surface area (Å²) in [5, 5.41) is 0. The minimum Gasteiger partial charge on any atom is -0.316 e. The number of halogens is 3. The fraction of sp³-hybridized carbons (Fsp3) is 0.400. The average Bonchev–Trinajstić information content (AvgIpc) is 2.57. The van der Waals surface area contributed by atoms with Crippen LogP contribution in [0.2, 0.25) is 0 Å². The van der Waals surface area contributed by atoms with Gasteiger partial charge in [-0.15, -0.1) is 0 Å². The number of benzene rings is 1. The smallest absolute Gasteiger partial charge is 0.316 e. The lowest BCUT2D eigenvalue weighted by atomic mass is 10.1. The van der Waals surface area contributed by atoms with Gasteiger partial charge in [0.05, 0.1) is 11.3 Å². The first-order valence-corrected chi connectivity index (χ1v) is 5.72. The number of anilines is 1. The Morgan fingerprint density at radius 1 is 1.33 bits per heavy atom. The van der Waals surface area contributed by atoms with E-state index in [-0.39, 0.29) is 0 Å². The second-order valence-corrected chi connectivity index (χ2v) is 4.18. The molecule has 0 unspecified atom stereocenters. The molecule has 1 aromatic rings. The first kappa shape index (κ1) is 10.7. The molecule has 82 valence electrons. The summed E-state index contributed by atoms with van der Waals surface area (Å²) in [6.45, 7) is 0.789. The second kappa shape index (κ2) is 3.63. The molecule has 1 aliphatic heterocycles. The van der Waals surface area contributed by atoms with Crippen LogP contribution < -0.4 is 4.31 Å². The van der Waals surface area contributed by atoms with Crippen molar-refractivity contribution < 1.29 is 13.2 Å². The Balaban J connectivity index is 2.41. The van der Waals surface area contributed by atoms with Gasteiger partial charge in [-0.05, 0) is 24.1 Å². The van der Waals surface area contributed by atoms with Crippen LogP contribution in [-0.2, 0) is 12.6 Å². The van der Waals surface area contributed by atoms with Crippen molar-refractivity contribution in [2.75, 3.05) is 17.1 Å². The molecule has 0 spiro atoms. The lowest BCUT2D eigenvalue weighted by Gasteiger charge is -2.16. The first-order valence-electron chi connectivity index (χ1n) is 4.54. The minimum absolute atomic E-state index is 0.567. The third-order valence-corrected chi connectivity index (χ3v) is 3.31. The maximum atomic E-state index is 12.5. The van der Waals surface area contributed by atoms with E-state index in [9.17, 15) is 13.2 Å². The first-order chi connectivity index (χ1) is 7.02. The van der Waals surface area contributed by atoms with E-state index >= 15 is 0 Å². The molecular formula is C10H10F3NS. The molecule has 0 saturated heterocycles. The highest BCUT2D eigenvalue weighted by atomic mass is 32.2. The zero-order valence-electron chi connectivity index (χ0n) is 8.14. The standard InChI is InChI=1S/C10H10F3NS/c1-15-14-5-4-7-2-3-8(6-9(7)14)10(11,12)13/h2-3,6H,4-5H2,1H3. The highest BCUT2D eigenvalue weighted by molar-refractivity contribution is 8.00. The van der Waals surface area contributed by atoms with Gasteiger partial charge in [0.15, 0.2) is 0 Å². The van der Waals surface area contributed by atoms with Gasteiger partial charge >= 0.3 is 6.18 Å². The van der Waals surface area contributed by atoms with Gasteiger partial charge in [-0.25, -0.2) is 0 Å². The third-order valence-electron chi connectivity index (χ3n) is 2.49. The summed E-state index contributed by atoms with van der Waals surface area (Å²) in [5.41, 5.74) is 1.14. The van der Waals surface area contributed by atoms with Gasteiger partial charge in [0.1, 0.15) is 0 Å². The minimum atomic E-state index is -4.25. The Labute approximate surface area is 90.4 Å². The van der Waals surface area contributed by atoms with E-state index in [2.05, 4.69) is 0 Å². The molecule has 0 N–H and O–H groups in total. The van der Waals surface area contributed by atoms with Crippen LogP contribution in [0.5, 0.6) is 0 Å². The van der Waals surface area contributed by atoms with E-state index in [4.69, 9.17) is 0 Å². The lowest BCUT2D eigenvalue weighted by Crippen LogP contribution is -2.10. The van der Waals surface area contributed by atoms with E-state index in [0.29, 0.717) is 5.69 Å². The number of alkyl halides is 3. The molecule has 0 fully saturated rings. The second-order valence-electron chi connectivity index (χ2n) is 3.38. The Bertz CT molecular complexity index is 375. The molecule has 0 aliphatic carbocycles. The summed E-state index contributed by atoms with van der Waals surface area (Å²) in [7, 11) is 0. The molecular weight excluding hydrogens is 223 g/mol. The SMILES string of the molecule is CSN1CCc2ccc(C(F)(F)F)cc21. The van der Waals surface area contributed by atoms with Gasteiger partial charge < -0.3 is 4.31 Å². The zero-order chi connectivity index (χ0) is 11.1. The van der Waals surface area contributed by atoms with Gasteiger partial charge in [-0.1, -0.05) is 18.0 Å². The van der Waals surface area contributed by atoms with Crippen LogP contribution in [-0.4, -0.2) is 12.8 Å². The van der Waals surface area contributed by atoms with E-state index < -0.39 is 11.7 Å². The van der Waals surface area contributed by atoms with Gasteiger partial charge in [0, 0.05) is 12.8 Å². The fourth-order valence-electron chi connectivity index (χ4n) is 1.72. The maximum Gasteiger partial charge on any atom is 0.416 e. The van der Waals surface area contributed by atoms with Crippen molar-refractivity contribution in [3.63, 3.8) is 0 Å². The summed E-state index contributed by atoms with van der Waals surface area (Å²) in [5.74, 6) is 0. The number of fused-ring (bicyclic) bond motifs is 1. The highest BCUT2D eigenvalue weighted by Crippen LogP contribution is 2.37. The third kappa shape index (κ3) is 1.93. The van der Waals surface area contributed by atoms with Crippen molar-refractivity contribution in [1.82, 2.24) is 0 Å². The lowest BCUT2D eigenvalue weighted by molar-refractivity contribution is -0.137. The summed E-state index contributed by atoms with van der Waals surface area (Å²) in [6, 6.07) is 3.97. The molecule has 0 saturated carbocycles. The molecule has 0 bridgehead atoms. The van der Waals surface area contributed by atoms with Crippen molar-refractivity contribution in [3.8, 4) is 0 Å². The van der Waals surface area contributed by atoms with Crippen molar-refractivity contribution in [2.24, 2.45) is 0 Å². The van der Waals surface area contributed by atoms with Crippen LogP contribution in [0.15, 0.2) is 18.2 Å². The monoisotopic (exact) mass is 233 g/mol. The van der Waals surface area contributed by atoms with Crippen molar-refractivity contribution in [3.05, 3.63) is 29.3 Å². The molecule has 1 nitrogen and oxygen atoms in total. The van der Waals surface area contributed by atoms with Crippen molar-refractivity contribution >= 4 is 17.6 Å². The van der Waals surface area contributed by atoms with Crippen molar-refractivity contribution in [2.45, 2.75) is 12.6 Å². The molecule has 15 heavy (non-hydrogen) atoms. The quantitative estimate of drug-likeness (QED) is 0.684. The molecule has 0 atom stereocenters. The number of hydrogen-bond acceptors (Lipinski definition) is 2. The average molecular weight is 233 g/mol. The number of nitrogens with zero attached hydrogens (tertiary/aromatic N) is 1. The molecule has 0 radical (unpaired) electrons. The topological polar surface area (TPSA) is 3.24 Å². The summed E-state index contributed by atoms with van der Waals surface area (Å²) >= 11 is 1.46. The van der Waals surface area contributed by atoms with Crippen LogP contribution in [0.25, 0.3) is 0 Å². The molecule has 2 rings (SSSR count). The Morgan fingerprint density at radius 3 is 2.67 bits per heavy atom. The van der Waals surface area contributed by atoms with E-state index in [1.54, 1.807) is 6.07 Å². The predicted octanol–water partition coefficient (Wildman–Crippen LogP) is 3.35. The largest absolute Gasteiger partial charge is 0.416 e. The van der Waals surface area contributed by atoms with Crippen molar-refractivity contribution in [1.29, 1.82) is 0 Å². The normalized spacial score (nSPS) is 15.6. The van der Waals surface area contributed by atoms with Crippen LogP contribution in [0.1, 0.15) is 11.1 Å². The molecule has 1 heterocycles. The molecule has 0 aromatic heterocycles. The Morgan fingerprint density at radius 2 is 2.07 bits per heavy atom. The van der Waals surface area contributed by atoms with Crippen LogP contribution in [0.3, 0.4) is 0 Å². The van der Waals surface area contributed by atoms with E-state index in [0.717, 1.165) is 24.6 Å². The Kier molecular flexibility index (Phi) is 2.58. The van der Waals surface area contributed by atoms with E-state index in [1.807, 2.05) is 10.6 Å². The van der Waals surface area contributed by atoms with Crippen LogP contribution >= 0.6 is 11.9 Å². The maximum absolute atomic E-state index is 12.5. The van der Waals surface area contributed by atoms with Gasteiger partial charge in [-0.3, -0.25) is 0 Å². The predicted molar refractivity (Wildman–Crippen MR) is 56.0 cm³/mol. The zero-order valence-corrected chi connectivity index (χ0v) is 8.95. The molecule has 1 aliphatic rings. The van der Waals surface area contributed by atoms with Gasteiger partial charge in [0.25, 0.3) is 0 Å². The van der Waals surface area contributed by atoms with E-state index in [1.165, 1.54) is 18.0 Å². The Hall–Kier alpha value is -0.840. The molecule has 0 amide bonds. The van der Waals surface area contributed by atoms with Crippen LogP contribution in [0.4, 0.5) is 18.9 Å². The number of rotatable bonds is 1. The van der Waals surface area contributed by atoms with Gasteiger partial charge in [0.2, 0.25) is 0 Å². The highest BCUT2D eigenvalue weighted by Gasteiger charge is 2.32. The number of hydrogen-bond donors (Lipinski definition) is 0. The van der Waals surface area contributed by atoms with Gasteiger partial charge in [-0.2, -0.15) is 13.2 Å². The molecule has 1 aromatic carbocycles. The fourth-order valence-corrected chi connectivity index (χ4v) is 2.36. The summed E-state index contributed by atoms with van der Waals surface area (Å²) in [4.78, 5) is 0.